The minimum Gasteiger partial charge on any atom is -0.393 e. The van der Waals surface area contributed by atoms with Crippen LogP contribution in [0.1, 0.15) is 50.6 Å². The lowest BCUT2D eigenvalue weighted by Crippen LogP contribution is -2.26. The highest BCUT2D eigenvalue weighted by molar-refractivity contribution is 5.76. The Hall–Kier alpha value is -1.36. The molecule has 0 aliphatic heterocycles. The fourth-order valence-corrected chi connectivity index (χ4v) is 2.37. The van der Waals surface area contributed by atoms with Gasteiger partial charge in [0.2, 0.25) is 5.91 Å². The van der Waals surface area contributed by atoms with Crippen molar-refractivity contribution in [3.8, 4) is 0 Å². The molecule has 5 heteroatoms. The van der Waals surface area contributed by atoms with Gasteiger partial charge in [-0.3, -0.25) is 9.48 Å². The molecule has 1 amide bonds. The van der Waals surface area contributed by atoms with E-state index in [1.807, 2.05) is 11.6 Å². The molecule has 2 N–H and O–H groups in total. The van der Waals surface area contributed by atoms with Crippen LogP contribution in [0.15, 0.2) is 0 Å². The second-order valence-corrected chi connectivity index (χ2v) is 6.21. The maximum absolute atomic E-state index is 11.8. The topological polar surface area (TPSA) is 67.2 Å². The standard InChI is InChI=1S/C16H29N3O2/c1-11(2)10-19-14(5)15(13(4)18-19)6-7-16(21)17-9-8-12(3)20/h11-12,20H,6-10H2,1-5H3,(H,17,21). The summed E-state index contributed by atoms with van der Waals surface area (Å²) in [6.45, 7) is 11.6. The van der Waals surface area contributed by atoms with Crippen LogP contribution in [0.2, 0.25) is 0 Å². The van der Waals surface area contributed by atoms with Crippen LogP contribution >= 0.6 is 0 Å². The summed E-state index contributed by atoms with van der Waals surface area (Å²) in [5.74, 6) is 0.589. The minimum absolute atomic E-state index is 0.0334. The molecule has 1 unspecified atom stereocenters. The predicted molar refractivity (Wildman–Crippen MR) is 84.2 cm³/mol. The van der Waals surface area contributed by atoms with Gasteiger partial charge in [-0.15, -0.1) is 0 Å². The molecule has 0 aliphatic rings. The van der Waals surface area contributed by atoms with E-state index in [9.17, 15) is 4.79 Å². The fraction of sp³-hybridized carbons (Fsp3) is 0.750. The minimum atomic E-state index is -0.371. The Labute approximate surface area is 127 Å². The van der Waals surface area contributed by atoms with Crippen molar-refractivity contribution in [2.75, 3.05) is 6.54 Å². The van der Waals surface area contributed by atoms with E-state index in [0.717, 1.165) is 24.4 Å². The Balaban J connectivity index is 2.51. The summed E-state index contributed by atoms with van der Waals surface area (Å²) in [6, 6.07) is 0. The van der Waals surface area contributed by atoms with Crippen LogP contribution in [0.5, 0.6) is 0 Å². The highest BCUT2D eigenvalue weighted by Gasteiger charge is 2.13. The molecule has 0 spiro atoms. The number of hydrogen-bond donors (Lipinski definition) is 2. The lowest BCUT2D eigenvalue weighted by Gasteiger charge is -2.08. The molecule has 1 heterocycles. The smallest absolute Gasteiger partial charge is 0.220 e. The second kappa shape index (κ2) is 8.17. The first-order valence-corrected chi connectivity index (χ1v) is 7.78. The molecule has 0 saturated heterocycles. The van der Waals surface area contributed by atoms with Gasteiger partial charge in [-0.2, -0.15) is 5.10 Å². The predicted octanol–water partition coefficient (Wildman–Crippen LogP) is 1.98. The number of aromatic nitrogens is 2. The van der Waals surface area contributed by atoms with Crippen molar-refractivity contribution in [3.05, 3.63) is 17.0 Å². The number of aryl methyl sites for hydroxylation is 1. The van der Waals surface area contributed by atoms with Gasteiger partial charge in [0.25, 0.3) is 0 Å². The Morgan fingerprint density at radius 1 is 1.33 bits per heavy atom. The summed E-state index contributed by atoms with van der Waals surface area (Å²) in [5.41, 5.74) is 3.37. The van der Waals surface area contributed by atoms with E-state index in [1.54, 1.807) is 6.92 Å². The maximum atomic E-state index is 11.8. The zero-order valence-corrected chi connectivity index (χ0v) is 13.9. The van der Waals surface area contributed by atoms with Crippen LogP contribution in [0.3, 0.4) is 0 Å². The first-order valence-electron chi connectivity index (χ1n) is 7.78. The Morgan fingerprint density at radius 3 is 2.57 bits per heavy atom. The molecule has 0 fully saturated rings. The zero-order valence-electron chi connectivity index (χ0n) is 13.9. The van der Waals surface area contributed by atoms with Crippen molar-refractivity contribution in [2.45, 2.75) is 66.5 Å². The quantitative estimate of drug-likeness (QED) is 0.770. The lowest BCUT2D eigenvalue weighted by molar-refractivity contribution is -0.121. The molecule has 0 bridgehead atoms. The van der Waals surface area contributed by atoms with Crippen molar-refractivity contribution in [2.24, 2.45) is 5.92 Å². The van der Waals surface area contributed by atoms with Crippen LogP contribution in [-0.2, 0) is 17.8 Å². The third kappa shape index (κ3) is 5.87. The van der Waals surface area contributed by atoms with E-state index in [-0.39, 0.29) is 12.0 Å². The molecule has 1 aromatic heterocycles. The fourth-order valence-electron chi connectivity index (χ4n) is 2.37. The Morgan fingerprint density at radius 2 is 2.00 bits per heavy atom. The maximum Gasteiger partial charge on any atom is 0.220 e. The van der Waals surface area contributed by atoms with Crippen molar-refractivity contribution < 1.29 is 9.90 Å². The molecule has 0 aromatic carbocycles. The van der Waals surface area contributed by atoms with Gasteiger partial charge in [0.05, 0.1) is 11.8 Å². The highest BCUT2D eigenvalue weighted by Crippen LogP contribution is 2.16. The molecule has 0 aliphatic carbocycles. The van der Waals surface area contributed by atoms with Crippen molar-refractivity contribution in [3.63, 3.8) is 0 Å². The first kappa shape index (κ1) is 17.7. The van der Waals surface area contributed by atoms with Gasteiger partial charge in [-0.25, -0.2) is 0 Å². The average Bonchev–Trinajstić information content (AvgIpc) is 2.61. The van der Waals surface area contributed by atoms with Crippen LogP contribution in [0, 0.1) is 19.8 Å². The highest BCUT2D eigenvalue weighted by atomic mass is 16.3. The van der Waals surface area contributed by atoms with Gasteiger partial charge in [0, 0.05) is 25.2 Å². The number of aliphatic hydroxyl groups is 1. The summed E-state index contributed by atoms with van der Waals surface area (Å²) >= 11 is 0. The number of carbonyl (C=O) groups excluding carboxylic acids is 1. The van der Waals surface area contributed by atoms with E-state index in [0.29, 0.717) is 25.3 Å². The summed E-state index contributed by atoms with van der Waals surface area (Å²) in [5, 5.41) is 16.6. The molecule has 5 nitrogen and oxygen atoms in total. The number of carbonyl (C=O) groups is 1. The SMILES string of the molecule is Cc1nn(CC(C)C)c(C)c1CCC(=O)NCCC(C)O. The third-order valence-electron chi connectivity index (χ3n) is 3.56. The van der Waals surface area contributed by atoms with Gasteiger partial charge < -0.3 is 10.4 Å². The van der Waals surface area contributed by atoms with Crippen LogP contribution in [-0.4, -0.2) is 33.4 Å². The van der Waals surface area contributed by atoms with Crippen molar-refractivity contribution in [1.29, 1.82) is 0 Å². The molecule has 1 rings (SSSR count). The van der Waals surface area contributed by atoms with E-state index in [1.165, 1.54) is 5.56 Å². The summed E-state index contributed by atoms with van der Waals surface area (Å²) in [7, 11) is 0. The molecule has 0 saturated carbocycles. The van der Waals surface area contributed by atoms with Crippen molar-refractivity contribution >= 4 is 5.91 Å². The van der Waals surface area contributed by atoms with Crippen LogP contribution < -0.4 is 5.32 Å². The first-order chi connectivity index (χ1) is 9.81. The number of rotatable bonds is 8. The van der Waals surface area contributed by atoms with Crippen molar-refractivity contribution in [1.82, 2.24) is 15.1 Å². The van der Waals surface area contributed by atoms with E-state index in [2.05, 4.69) is 31.2 Å². The van der Waals surface area contributed by atoms with Gasteiger partial charge >= 0.3 is 0 Å². The van der Waals surface area contributed by atoms with Gasteiger partial charge in [-0.1, -0.05) is 13.8 Å². The molecule has 0 radical (unpaired) electrons. The molecule has 21 heavy (non-hydrogen) atoms. The number of aliphatic hydroxyl groups excluding tert-OH is 1. The number of amides is 1. The molecular formula is C16H29N3O2. The van der Waals surface area contributed by atoms with Crippen LogP contribution in [0.4, 0.5) is 0 Å². The number of nitrogens with one attached hydrogen (secondary N) is 1. The van der Waals surface area contributed by atoms with E-state index < -0.39 is 0 Å². The number of hydrogen-bond acceptors (Lipinski definition) is 3. The lowest BCUT2D eigenvalue weighted by atomic mass is 10.1. The third-order valence-corrected chi connectivity index (χ3v) is 3.56. The molecule has 1 aromatic rings. The summed E-state index contributed by atoms with van der Waals surface area (Å²) < 4.78 is 2.04. The Kier molecular flexibility index (Phi) is 6.89. The van der Waals surface area contributed by atoms with Gasteiger partial charge in [0.1, 0.15) is 0 Å². The van der Waals surface area contributed by atoms with Gasteiger partial charge in [-0.05, 0) is 45.1 Å². The molecular weight excluding hydrogens is 266 g/mol. The average molecular weight is 295 g/mol. The van der Waals surface area contributed by atoms with E-state index >= 15 is 0 Å². The summed E-state index contributed by atoms with van der Waals surface area (Å²) in [6.07, 6.45) is 1.41. The summed E-state index contributed by atoms with van der Waals surface area (Å²) in [4.78, 5) is 11.8. The Bertz CT molecular complexity index is 464. The number of nitrogens with zero attached hydrogens (tertiary/aromatic N) is 2. The zero-order chi connectivity index (χ0) is 16.0. The van der Waals surface area contributed by atoms with Crippen LogP contribution in [0.25, 0.3) is 0 Å². The molecule has 1 atom stereocenters. The largest absolute Gasteiger partial charge is 0.393 e. The molecule has 120 valence electrons. The second-order valence-electron chi connectivity index (χ2n) is 6.21. The normalized spacial score (nSPS) is 12.7. The monoisotopic (exact) mass is 295 g/mol. The van der Waals surface area contributed by atoms with E-state index in [4.69, 9.17) is 5.11 Å². The van der Waals surface area contributed by atoms with Gasteiger partial charge in [0.15, 0.2) is 0 Å².